The lowest BCUT2D eigenvalue weighted by Crippen LogP contribution is -2.50. The summed E-state index contributed by atoms with van der Waals surface area (Å²) in [6, 6.07) is 15.4. The summed E-state index contributed by atoms with van der Waals surface area (Å²) in [7, 11) is 0. The monoisotopic (exact) mass is 388 g/mol. The number of amides is 2. The number of hydrogen-bond donors (Lipinski definition) is 2. The van der Waals surface area contributed by atoms with Gasteiger partial charge in [0.1, 0.15) is 5.75 Å². The fourth-order valence-electron chi connectivity index (χ4n) is 2.65. The Morgan fingerprint density at radius 2 is 1.67 bits per heavy atom. The van der Waals surface area contributed by atoms with Gasteiger partial charge in [0.2, 0.25) is 5.91 Å². The van der Waals surface area contributed by atoms with Crippen molar-refractivity contribution < 1.29 is 14.3 Å². The van der Waals surface area contributed by atoms with Crippen molar-refractivity contribution >= 4 is 23.6 Å². The van der Waals surface area contributed by atoms with Crippen LogP contribution in [0.1, 0.15) is 38.8 Å². The molecule has 1 unspecified atom stereocenters. The van der Waals surface area contributed by atoms with Crippen LogP contribution in [0.5, 0.6) is 5.75 Å². The maximum Gasteiger partial charge on any atom is 0.419 e. The van der Waals surface area contributed by atoms with E-state index in [0.29, 0.717) is 10.8 Å². The van der Waals surface area contributed by atoms with E-state index in [4.69, 9.17) is 16.3 Å². The first-order chi connectivity index (χ1) is 12.9. The number of nitrogens with one attached hydrogen (secondary N) is 2. The Hall–Kier alpha value is -2.37. The molecule has 2 N–H and O–H groups in total. The van der Waals surface area contributed by atoms with Crippen LogP contribution in [0.25, 0.3) is 0 Å². The van der Waals surface area contributed by atoms with Crippen molar-refractivity contribution in [3.05, 3.63) is 65.2 Å². The van der Waals surface area contributed by atoms with Gasteiger partial charge in [0.25, 0.3) is 0 Å². The summed E-state index contributed by atoms with van der Waals surface area (Å²) >= 11 is 5.93. The highest BCUT2D eigenvalue weighted by atomic mass is 35.5. The van der Waals surface area contributed by atoms with E-state index in [2.05, 4.69) is 10.6 Å². The molecule has 0 aliphatic heterocycles. The van der Waals surface area contributed by atoms with Gasteiger partial charge in [0.15, 0.2) is 0 Å². The van der Waals surface area contributed by atoms with Crippen LogP contribution in [-0.4, -0.2) is 18.0 Å². The molecule has 0 saturated carbocycles. The molecule has 5 nitrogen and oxygen atoms in total. The summed E-state index contributed by atoms with van der Waals surface area (Å²) in [5, 5.41) is 6.29. The summed E-state index contributed by atoms with van der Waals surface area (Å²) in [6.07, 6.45) is -0.00736. The van der Waals surface area contributed by atoms with Crippen LogP contribution in [0, 0.1) is 5.92 Å². The van der Waals surface area contributed by atoms with E-state index in [-0.39, 0.29) is 12.0 Å². The molecule has 0 bridgehead atoms. The number of rotatable bonds is 7. The minimum Gasteiger partial charge on any atom is -0.410 e. The highest BCUT2D eigenvalue weighted by Gasteiger charge is 2.27. The van der Waals surface area contributed by atoms with E-state index < -0.39 is 18.0 Å². The summed E-state index contributed by atoms with van der Waals surface area (Å²) in [5.41, 5.74) is 1.01. The fraction of sp³-hybridized carbons (Fsp3) is 0.333. The molecule has 2 rings (SSSR count). The van der Waals surface area contributed by atoms with Crippen LogP contribution in [0.15, 0.2) is 54.6 Å². The van der Waals surface area contributed by atoms with Gasteiger partial charge >= 0.3 is 6.09 Å². The smallest absolute Gasteiger partial charge is 0.410 e. The summed E-state index contributed by atoms with van der Waals surface area (Å²) in [4.78, 5) is 24.7. The van der Waals surface area contributed by atoms with Gasteiger partial charge in [-0.1, -0.05) is 62.2 Å². The molecule has 144 valence electrons. The van der Waals surface area contributed by atoms with Gasteiger partial charge in [-0.2, -0.15) is 0 Å². The zero-order valence-corrected chi connectivity index (χ0v) is 16.5. The number of carbonyl (C=O) groups excluding carboxylic acids is 2. The maximum absolute atomic E-state index is 12.7. The van der Waals surface area contributed by atoms with Crippen molar-refractivity contribution in [2.24, 2.45) is 5.92 Å². The Morgan fingerprint density at radius 1 is 1.04 bits per heavy atom. The topological polar surface area (TPSA) is 67.4 Å². The minimum atomic E-state index is -0.791. The van der Waals surface area contributed by atoms with Crippen LogP contribution in [0.3, 0.4) is 0 Å². The molecule has 6 heteroatoms. The number of hydrogen-bond acceptors (Lipinski definition) is 4. The fourth-order valence-corrected chi connectivity index (χ4v) is 2.78. The third-order valence-electron chi connectivity index (χ3n) is 4.47. The Labute approximate surface area is 165 Å². The molecule has 2 aromatic rings. The molecule has 0 spiro atoms. The molecule has 27 heavy (non-hydrogen) atoms. The number of ether oxygens (including phenoxy) is 1. The van der Waals surface area contributed by atoms with E-state index in [1.165, 1.54) is 0 Å². The molecule has 0 fully saturated rings. The van der Waals surface area contributed by atoms with Crippen molar-refractivity contribution in [3.63, 3.8) is 0 Å². The average molecular weight is 389 g/mol. The average Bonchev–Trinajstić information content (AvgIpc) is 2.66. The van der Waals surface area contributed by atoms with E-state index in [0.717, 1.165) is 12.0 Å². The zero-order valence-electron chi connectivity index (χ0n) is 15.7. The molecule has 0 saturated heterocycles. The van der Waals surface area contributed by atoms with Crippen LogP contribution in [-0.2, 0) is 4.79 Å². The van der Waals surface area contributed by atoms with Gasteiger partial charge in [0, 0.05) is 11.1 Å². The predicted octanol–water partition coefficient (Wildman–Crippen LogP) is 4.72. The predicted molar refractivity (Wildman–Crippen MR) is 107 cm³/mol. The largest absolute Gasteiger partial charge is 0.419 e. The highest BCUT2D eigenvalue weighted by Crippen LogP contribution is 2.19. The Kier molecular flexibility index (Phi) is 7.82. The van der Waals surface area contributed by atoms with Gasteiger partial charge in [-0.25, -0.2) is 4.79 Å². The number of halogens is 1. The summed E-state index contributed by atoms with van der Waals surface area (Å²) in [5.74, 6) is 0.000696. The molecule has 0 aliphatic carbocycles. The number of carbonyl (C=O) groups is 2. The molecule has 0 heterocycles. The van der Waals surface area contributed by atoms with Crippen LogP contribution >= 0.6 is 11.6 Å². The standard InChI is InChI=1S/C21H25ClN2O3/c1-4-14(2)19(23-15(3)16-10-12-17(22)13-11-16)20(25)24-21(26)27-18-8-6-5-7-9-18/h5-15,19,23H,4H2,1-3H3,(H,24,25,26)/t14-,15?,19-/m0/s1. The highest BCUT2D eigenvalue weighted by molar-refractivity contribution is 6.30. The summed E-state index contributed by atoms with van der Waals surface area (Å²) < 4.78 is 5.14. The van der Waals surface area contributed by atoms with Crippen LogP contribution in [0.4, 0.5) is 4.79 Å². The van der Waals surface area contributed by atoms with E-state index in [1.54, 1.807) is 24.3 Å². The van der Waals surface area contributed by atoms with Crippen LogP contribution in [0.2, 0.25) is 5.02 Å². The van der Waals surface area contributed by atoms with Crippen molar-refractivity contribution in [3.8, 4) is 5.75 Å². The van der Waals surface area contributed by atoms with Crippen molar-refractivity contribution in [2.75, 3.05) is 0 Å². The maximum atomic E-state index is 12.7. The number of benzene rings is 2. The lowest BCUT2D eigenvalue weighted by molar-refractivity contribution is -0.123. The lowest BCUT2D eigenvalue weighted by Gasteiger charge is -2.27. The van der Waals surface area contributed by atoms with Crippen molar-refractivity contribution in [1.29, 1.82) is 0 Å². The molecule has 0 radical (unpaired) electrons. The van der Waals surface area contributed by atoms with Crippen molar-refractivity contribution in [1.82, 2.24) is 10.6 Å². The molecule has 3 atom stereocenters. The molecular weight excluding hydrogens is 364 g/mol. The first kappa shape index (κ1) is 20.9. The Bertz CT molecular complexity index is 750. The third-order valence-corrected chi connectivity index (χ3v) is 4.73. The number of imide groups is 1. The lowest BCUT2D eigenvalue weighted by atomic mass is 9.96. The second-order valence-corrected chi connectivity index (χ2v) is 6.93. The molecule has 2 amide bonds. The van der Waals surface area contributed by atoms with E-state index in [9.17, 15) is 9.59 Å². The van der Waals surface area contributed by atoms with Crippen LogP contribution < -0.4 is 15.4 Å². The number of para-hydroxylation sites is 1. The van der Waals surface area contributed by atoms with Crippen molar-refractivity contribution in [2.45, 2.75) is 39.3 Å². The SMILES string of the molecule is CC[C@H](C)[C@H](NC(C)c1ccc(Cl)cc1)C(=O)NC(=O)Oc1ccccc1. The first-order valence-corrected chi connectivity index (χ1v) is 9.37. The second kappa shape index (κ2) is 10.1. The molecular formula is C21H25ClN2O3. The van der Waals surface area contributed by atoms with E-state index >= 15 is 0 Å². The first-order valence-electron chi connectivity index (χ1n) is 9.00. The second-order valence-electron chi connectivity index (χ2n) is 6.49. The third kappa shape index (κ3) is 6.38. The van der Waals surface area contributed by atoms with Gasteiger partial charge in [0.05, 0.1) is 6.04 Å². The van der Waals surface area contributed by atoms with Gasteiger partial charge in [-0.3, -0.25) is 15.4 Å². The quantitative estimate of drug-likeness (QED) is 0.720. The van der Waals surface area contributed by atoms with Gasteiger partial charge < -0.3 is 4.74 Å². The Morgan fingerprint density at radius 3 is 2.26 bits per heavy atom. The molecule has 2 aromatic carbocycles. The molecule has 0 aliphatic rings. The Balaban J connectivity index is 2.02. The minimum absolute atomic E-state index is 0.0317. The summed E-state index contributed by atoms with van der Waals surface area (Å²) in [6.45, 7) is 5.93. The van der Waals surface area contributed by atoms with E-state index in [1.807, 2.05) is 51.1 Å². The van der Waals surface area contributed by atoms with Gasteiger partial charge in [-0.05, 0) is 42.7 Å². The zero-order chi connectivity index (χ0) is 19.8. The molecule has 0 aromatic heterocycles. The van der Waals surface area contributed by atoms with Gasteiger partial charge in [-0.15, -0.1) is 0 Å². The normalized spacial score (nSPS) is 14.1.